The van der Waals surface area contributed by atoms with Crippen LogP contribution in [-0.2, 0) is 9.47 Å². The van der Waals surface area contributed by atoms with Crippen molar-refractivity contribution in [3.63, 3.8) is 0 Å². The van der Waals surface area contributed by atoms with Crippen molar-refractivity contribution in [2.24, 2.45) is 0 Å². The normalized spacial score (nSPS) is 19.2. The van der Waals surface area contributed by atoms with Crippen molar-refractivity contribution >= 4 is 11.8 Å². The van der Waals surface area contributed by atoms with E-state index in [4.69, 9.17) is 9.15 Å². The Morgan fingerprint density at radius 3 is 2.82 bits per heavy atom. The molecule has 92 valence electrons. The highest BCUT2D eigenvalue weighted by Crippen LogP contribution is 2.19. The lowest BCUT2D eigenvalue weighted by atomic mass is 10.1. The van der Waals surface area contributed by atoms with Crippen LogP contribution in [0.5, 0.6) is 0 Å². The van der Waals surface area contributed by atoms with E-state index in [9.17, 15) is 9.59 Å². The molecule has 1 aliphatic heterocycles. The predicted molar refractivity (Wildman–Crippen MR) is 58.0 cm³/mol. The summed E-state index contributed by atoms with van der Waals surface area (Å²) in [4.78, 5) is 22.9. The topological polar surface area (TPSA) is 65.7 Å². The molecule has 1 unspecified atom stereocenters. The molecule has 0 saturated carbocycles. The Morgan fingerprint density at radius 2 is 2.18 bits per heavy atom. The molecule has 1 saturated heterocycles. The molecule has 0 aliphatic carbocycles. The van der Waals surface area contributed by atoms with Gasteiger partial charge in [-0.25, -0.2) is 4.79 Å². The fourth-order valence-corrected chi connectivity index (χ4v) is 1.81. The summed E-state index contributed by atoms with van der Waals surface area (Å²) < 4.78 is 15.0. The van der Waals surface area contributed by atoms with Gasteiger partial charge in [-0.2, -0.15) is 0 Å². The van der Waals surface area contributed by atoms with Gasteiger partial charge in [0, 0.05) is 13.0 Å². The van der Waals surface area contributed by atoms with Gasteiger partial charge in [-0.1, -0.05) is 0 Å². The molecule has 1 aromatic rings. The summed E-state index contributed by atoms with van der Waals surface area (Å²) in [6, 6.07) is 2.93. The van der Waals surface area contributed by atoms with E-state index in [0.29, 0.717) is 13.0 Å². The van der Waals surface area contributed by atoms with E-state index in [0.717, 1.165) is 12.8 Å². The van der Waals surface area contributed by atoms with E-state index in [1.165, 1.54) is 19.2 Å². The van der Waals surface area contributed by atoms with Gasteiger partial charge in [-0.15, -0.1) is 0 Å². The molecular weight excluding hydrogens is 224 g/mol. The molecule has 2 heterocycles. The van der Waals surface area contributed by atoms with Crippen LogP contribution in [0.25, 0.3) is 0 Å². The van der Waals surface area contributed by atoms with Gasteiger partial charge in [0.2, 0.25) is 11.5 Å². The van der Waals surface area contributed by atoms with Crippen molar-refractivity contribution < 1.29 is 23.5 Å². The number of ether oxygens (including phenoxy) is 2. The summed E-state index contributed by atoms with van der Waals surface area (Å²) in [5.41, 5.74) is 0. The number of rotatable bonds is 4. The van der Waals surface area contributed by atoms with Crippen LogP contribution in [0.15, 0.2) is 16.5 Å². The van der Waals surface area contributed by atoms with E-state index >= 15 is 0 Å². The van der Waals surface area contributed by atoms with Gasteiger partial charge in [0.05, 0.1) is 13.2 Å². The predicted octanol–water partition coefficient (Wildman–Crippen LogP) is 1.82. The highest BCUT2D eigenvalue weighted by molar-refractivity contribution is 5.95. The number of esters is 1. The number of ketones is 1. The van der Waals surface area contributed by atoms with Crippen molar-refractivity contribution in [3.8, 4) is 0 Å². The molecule has 0 radical (unpaired) electrons. The third-order valence-electron chi connectivity index (χ3n) is 2.70. The van der Waals surface area contributed by atoms with Crippen molar-refractivity contribution in [1.82, 2.24) is 0 Å². The summed E-state index contributed by atoms with van der Waals surface area (Å²) in [5.74, 6) is -0.502. The minimum atomic E-state index is -0.582. The van der Waals surface area contributed by atoms with Gasteiger partial charge in [0.1, 0.15) is 0 Å². The maximum absolute atomic E-state index is 11.8. The van der Waals surface area contributed by atoms with Crippen LogP contribution in [0, 0.1) is 0 Å². The molecule has 0 bridgehead atoms. The van der Waals surface area contributed by atoms with Gasteiger partial charge in [-0.05, 0) is 25.0 Å². The Labute approximate surface area is 98.7 Å². The highest BCUT2D eigenvalue weighted by Gasteiger charge is 2.22. The summed E-state index contributed by atoms with van der Waals surface area (Å²) in [7, 11) is 1.26. The summed E-state index contributed by atoms with van der Waals surface area (Å²) in [6.45, 7) is 0.712. The van der Waals surface area contributed by atoms with Crippen molar-refractivity contribution in [2.45, 2.75) is 25.4 Å². The van der Waals surface area contributed by atoms with Crippen LogP contribution in [0.2, 0.25) is 0 Å². The van der Waals surface area contributed by atoms with Crippen LogP contribution >= 0.6 is 0 Å². The molecule has 5 nitrogen and oxygen atoms in total. The standard InChI is InChI=1S/C12H14O5/c1-15-12(14)11-5-4-10(17-11)9(13)7-8-3-2-6-16-8/h4-5,8H,2-3,6-7H2,1H3. The average Bonchev–Trinajstić information content (AvgIpc) is 2.98. The minimum absolute atomic E-state index is 0.0193. The quantitative estimate of drug-likeness (QED) is 0.591. The van der Waals surface area contributed by atoms with Crippen LogP contribution in [0.4, 0.5) is 0 Å². The third-order valence-corrected chi connectivity index (χ3v) is 2.70. The summed E-state index contributed by atoms with van der Waals surface area (Å²) >= 11 is 0. The van der Waals surface area contributed by atoms with Gasteiger partial charge >= 0.3 is 5.97 Å². The van der Waals surface area contributed by atoms with Crippen LogP contribution in [-0.4, -0.2) is 31.6 Å². The van der Waals surface area contributed by atoms with E-state index < -0.39 is 5.97 Å². The number of hydrogen-bond acceptors (Lipinski definition) is 5. The number of carbonyl (C=O) groups is 2. The zero-order valence-electron chi connectivity index (χ0n) is 9.60. The monoisotopic (exact) mass is 238 g/mol. The summed E-state index contributed by atoms with van der Waals surface area (Å²) in [5, 5.41) is 0. The maximum Gasteiger partial charge on any atom is 0.373 e. The van der Waals surface area contributed by atoms with E-state index in [1.807, 2.05) is 0 Å². The van der Waals surface area contributed by atoms with Crippen LogP contribution in [0.3, 0.4) is 0 Å². The number of Topliss-reactive ketones (excluding diaryl/α,β-unsaturated/α-hetero) is 1. The molecule has 0 aromatic carbocycles. The number of furan rings is 1. The lowest BCUT2D eigenvalue weighted by Crippen LogP contribution is -2.12. The molecule has 1 aliphatic rings. The molecular formula is C12H14O5. The van der Waals surface area contributed by atoms with Gasteiger partial charge in [0.15, 0.2) is 5.76 Å². The summed E-state index contributed by atoms with van der Waals surface area (Å²) in [6.07, 6.45) is 2.17. The Bertz CT molecular complexity index is 414. The first-order valence-corrected chi connectivity index (χ1v) is 5.53. The maximum atomic E-state index is 11.8. The number of methoxy groups -OCH3 is 1. The molecule has 1 fully saturated rings. The third kappa shape index (κ3) is 2.74. The first kappa shape index (κ1) is 11.9. The molecule has 5 heteroatoms. The van der Waals surface area contributed by atoms with E-state index in [1.54, 1.807) is 0 Å². The Morgan fingerprint density at radius 1 is 1.41 bits per heavy atom. The second-order valence-corrected chi connectivity index (χ2v) is 3.92. The second-order valence-electron chi connectivity index (χ2n) is 3.92. The van der Waals surface area contributed by atoms with Crippen molar-refractivity contribution in [2.75, 3.05) is 13.7 Å². The Balaban J connectivity index is 1.99. The van der Waals surface area contributed by atoms with Crippen LogP contribution in [0.1, 0.15) is 40.4 Å². The highest BCUT2D eigenvalue weighted by atomic mass is 16.5. The fraction of sp³-hybridized carbons (Fsp3) is 0.500. The molecule has 0 N–H and O–H groups in total. The Kier molecular flexibility index (Phi) is 3.58. The molecule has 17 heavy (non-hydrogen) atoms. The molecule has 1 atom stereocenters. The first-order valence-electron chi connectivity index (χ1n) is 5.53. The molecule has 0 spiro atoms. The molecule has 2 rings (SSSR count). The van der Waals surface area contributed by atoms with Gasteiger partial charge < -0.3 is 13.9 Å². The van der Waals surface area contributed by atoms with Crippen molar-refractivity contribution in [1.29, 1.82) is 0 Å². The number of carbonyl (C=O) groups excluding carboxylic acids is 2. The zero-order valence-corrected chi connectivity index (χ0v) is 9.60. The smallest absolute Gasteiger partial charge is 0.373 e. The molecule has 0 amide bonds. The van der Waals surface area contributed by atoms with Gasteiger partial charge in [-0.3, -0.25) is 4.79 Å². The van der Waals surface area contributed by atoms with Crippen LogP contribution < -0.4 is 0 Å². The first-order chi connectivity index (χ1) is 8.20. The number of hydrogen-bond donors (Lipinski definition) is 0. The minimum Gasteiger partial charge on any atom is -0.463 e. The second kappa shape index (κ2) is 5.14. The molecule has 1 aromatic heterocycles. The largest absolute Gasteiger partial charge is 0.463 e. The van der Waals surface area contributed by atoms with E-state index in [2.05, 4.69) is 4.74 Å². The lowest BCUT2D eigenvalue weighted by molar-refractivity contribution is 0.0561. The van der Waals surface area contributed by atoms with Gasteiger partial charge in [0.25, 0.3) is 0 Å². The average molecular weight is 238 g/mol. The Hall–Kier alpha value is -1.62. The van der Waals surface area contributed by atoms with E-state index in [-0.39, 0.29) is 23.4 Å². The lowest BCUT2D eigenvalue weighted by Gasteiger charge is -2.05. The SMILES string of the molecule is COC(=O)c1ccc(C(=O)CC2CCCO2)o1. The fourth-order valence-electron chi connectivity index (χ4n) is 1.81. The van der Waals surface area contributed by atoms with Crippen molar-refractivity contribution in [3.05, 3.63) is 23.7 Å². The zero-order chi connectivity index (χ0) is 12.3.